The van der Waals surface area contributed by atoms with E-state index in [1.165, 1.54) is 0 Å². The number of carbonyl (C=O) groups excluding carboxylic acids is 1. The van der Waals surface area contributed by atoms with Crippen molar-refractivity contribution in [3.63, 3.8) is 0 Å². The SMILES string of the molecule is CCC1OC(C)[CH-]C(C)[C@H]1O[C@@H]1OC(C(C)=O)[C@@H](C)[C@H](C)C1C.[Rb+]. The van der Waals surface area contributed by atoms with Crippen LogP contribution in [0, 0.1) is 30.1 Å². The molecule has 24 heavy (non-hydrogen) atoms. The van der Waals surface area contributed by atoms with Crippen molar-refractivity contribution >= 4 is 5.78 Å². The van der Waals surface area contributed by atoms with E-state index in [2.05, 4.69) is 48.0 Å². The third-order valence-electron chi connectivity index (χ3n) is 5.79. The fourth-order valence-electron chi connectivity index (χ4n) is 3.99. The third-order valence-corrected chi connectivity index (χ3v) is 5.79. The van der Waals surface area contributed by atoms with Gasteiger partial charge < -0.3 is 14.2 Å². The van der Waals surface area contributed by atoms with E-state index in [0.717, 1.165) is 6.42 Å². The first-order valence-corrected chi connectivity index (χ1v) is 9.08. The minimum absolute atomic E-state index is 0. The summed E-state index contributed by atoms with van der Waals surface area (Å²) in [5, 5.41) is 0. The molecular weight excluding hydrogens is 378 g/mol. The average Bonchev–Trinajstić information content (AvgIpc) is 2.49. The Bertz CT molecular complexity index is 416. The van der Waals surface area contributed by atoms with Gasteiger partial charge in [0.15, 0.2) is 12.1 Å². The van der Waals surface area contributed by atoms with E-state index in [1.807, 2.05) is 0 Å². The van der Waals surface area contributed by atoms with Crippen LogP contribution in [-0.4, -0.2) is 36.5 Å². The van der Waals surface area contributed by atoms with Gasteiger partial charge in [-0.25, -0.2) is 0 Å². The smallest absolute Gasteiger partial charge is 0.404 e. The van der Waals surface area contributed by atoms with Crippen LogP contribution in [0.1, 0.15) is 54.9 Å². The van der Waals surface area contributed by atoms with Gasteiger partial charge in [0.05, 0.1) is 12.2 Å². The molecule has 0 aromatic carbocycles. The largest absolute Gasteiger partial charge is 1.00 e. The van der Waals surface area contributed by atoms with Crippen molar-refractivity contribution in [1.82, 2.24) is 0 Å². The van der Waals surface area contributed by atoms with E-state index in [1.54, 1.807) is 6.92 Å². The van der Waals surface area contributed by atoms with Crippen LogP contribution >= 0.6 is 0 Å². The molecule has 2 aliphatic rings. The second kappa shape index (κ2) is 10.1. The van der Waals surface area contributed by atoms with Crippen molar-refractivity contribution in [2.45, 2.75) is 85.6 Å². The van der Waals surface area contributed by atoms with Crippen LogP contribution in [0.2, 0.25) is 0 Å². The van der Waals surface area contributed by atoms with Gasteiger partial charge in [-0.2, -0.15) is 0 Å². The van der Waals surface area contributed by atoms with Crippen LogP contribution < -0.4 is 58.2 Å². The molecule has 2 aliphatic heterocycles. The summed E-state index contributed by atoms with van der Waals surface area (Å²) in [6, 6.07) is 0. The van der Waals surface area contributed by atoms with E-state index < -0.39 is 0 Å². The summed E-state index contributed by atoms with van der Waals surface area (Å²) in [6.45, 7) is 14.4. The van der Waals surface area contributed by atoms with Gasteiger partial charge in [-0.1, -0.05) is 47.6 Å². The molecule has 0 saturated carbocycles. The van der Waals surface area contributed by atoms with Crippen LogP contribution in [0.15, 0.2) is 0 Å². The summed E-state index contributed by atoms with van der Waals surface area (Å²) >= 11 is 0. The maximum atomic E-state index is 11.9. The Morgan fingerprint density at radius 2 is 1.67 bits per heavy atom. The Hall–Kier alpha value is 1.36. The van der Waals surface area contributed by atoms with Crippen LogP contribution in [0.4, 0.5) is 0 Å². The molecule has 0 N–H and O–H groups in total. The molecule has 0 bridgehead atoms. The van der Waals surface area contributed by atoms with Crippen molar-refractivity contribution in [3.8, 4) is 0 Å². The van der Waals surface area contributed by atoms with Crippen molar-refractivity contribution in [2.75, 3.05) is 0 Å². The Morgan fingerprint density at radius 1 is 1.04 bits per heavy atom. The van der Waals surface area contributed by atoms with E-state index in [-0.39, 0.29) is 107 Å². The molecule has 0 radical (unpaired) electrons. The Balaban J connectivity index is 0.00000288. The van der Waals surface area contributed by atoms with Crippen molar-refractivity contribution < 1.29 is 77.2 Å². The van der Waals surface area contributed by atoms with Gasteiger partial charge in [0.1, 0.15) is 6.10 Å². The Labute approximate surface area is 196 Å². The standard InChI is InChI=1S/C19H33O4.Rb/c1-8-16-17(10(2)9-11(3)21-16)22-19-14(6)12(4)13(5)18(23-19)15(7)20;/h9-14,16-19H,8H2,1-7H3;/q-1;+1/t10?,11?,12-,13-,14?,16?,17+,18?,19+;/m0./s1. The minimum atomic E-state index is -0.367. The summed E-state index contributed by atoms with van der Waals surface area (Å²) in [4.78, 5) is 11.9. The number of hydrogen-bond acceptors (Lipinski definition) is 4. The molecule has 5 heteroatoms. The molecule has 4 nitrogen and oxygen atoms in total. The number of rotatable bonds is 4. The molecule has 0 aliphatic carbocycles. The van der Waals surface area contributed by atoms with Gasteiger partial charge in [-0.3, -0.25) is 11.2 Å². The molecule has 0 amide bonds. The predicted octanol–water partition coefficient (Wildman–Crippen LogP) is 0.635. The number of carbonyl (C=O) groups is 1. The maximum absolute atomic E-state index is 11.9. The topological polar surface area (TPSA) is 44.8 Å². The quantitative estimate of drug-likeness (QED) is 0.638. The molecule has 2 fully saturated rings. The summed E-state index contributed by atoms with van der Waals surface area (Å²) in [6.07, 6.45) is 2.61. The minimum Gasteiger partial charge on any atom is -0.404 e. The zero-order chi connectivity index (χ0) is 17.3. The van der Waals surface area contributed by atoms with Gasteiger partial charge in [0.25, 0.3) is 0 Å². The Kier molecular flexibility index (Phi) is 9.80. The first-order chi connectivity index (χ1) is 10.8. The van der Waals surface area contributed by atoms with Crippen LogP contribution in [0.5, 0.6) is 0 Å². The van der Waals surface area contributed by atoms with Gasteiger partial charge in [-0.05, 0) is 25.2 Å². The predicted molar refractivity (Wildman–Crippen MR) is 89.8 cm³/mol. The normalized spacial score (nSPS) is 46.2. The fourth-order valence-corrected chi connectivity index (χ4v) is 3.99. The Morgan fingerprint density at radius 3 is 2.21 bits per heavy atom. The average molecular weight is 411 g/mol. The van der Waals surface area contributed by atoms with E-state index in [4.69, 9.17) is 14.2 Å². The molecular formula is C19H33O4Rb. The molecule has 2 saturated heterocycles. The molecule has 5 unspecified atom stereocenters. The van der Waals surface area contributed by atoms with Crippen molar-refractivity contribution in [3.05, 3.63) is 6.42 Å². The van der Waals surface area contributed by atoms with Crippen molar-refractivity contribution in [1.29, 1.82) is 0 Å². The van der Waals surface area contributed by atoms with Gasteiger partial charge in [-0.15, -0.1) is 5.92 Å². The van der Waals surface area contributed by atoms with Crippen LogP contribution in [0.3, 0.4) is 0 Å². The number of ketones is 1. The number of ether oxygens (including phenoxy) is 3. The van der Waals surface area contributed by atoms with E-state index >= 15 is 0 Å². The third kappa shape index (κ3) is 5.20. The summed E-state index contributed by atoms with van der Waals surface area (Å²) in [5.41, 5.74) is 0. The zero-order valence-electron chi connectivity index (χ0n) is 16.6. The van der Waals surface area contributed by atoms with Gasteiger partial charge in [0, 0.05) is 5.92 Å². The van der Waals surface area contributed by atoms with Gasteiger partial charge in [0.2, 0.25) is 0 Å². The first-order valence-electron chi connectivity index (χ1n) is 9.08. The molecule has 134 valence electrons. The zero-order valence-corrected chi connectivity index (χ0v) is 21.5. The summed E-state index contributed by atoms with van der Waals surface area (Å²) in [7, 11) is 0. The van der Waals surface area contributed by atoms with Crippen molar-refractivity contribution in [2.24, 2.45) is 23.7 Å². The second-order valence-corrected chi connectivity index (χ2v) is 7.55. The first kappa shape index (κ1) is 23.4. The molecule has 0 aromatic rings. The number of hydrogen-bond donors (Lipinski definition) is 0. The molecule has 2 rings (SSSR count). The number of Topliss-reactive ketones (excluding diaryl/α,β-unsaturated/α-hetero) is 1. The van der Waals surface area contributed by atoms with Crippen LogP contribution in [0.25, 0.3) is 0 Å². The molecule has 0 aromatic heterocycles. The molecule has 9 atom stereocenters. The van der Waals surface area contributed by atoms with Gasteiger partial charge >= 0.3 is 58.2 Å². The summed E-state index contributed by atoms with van der Waals surface area (Å²) in [5.74, 6) is 1.25. The van der Waals surface area contributed by atoms with E-state index in [9.17, 15) is 4.79 Å². The monoisotopic (exact) mass is 410 g/mol. The summed E-state index contributed by atoms with van der Waals surface area (Å²) < 4.78 is 18.5. The maximum Gasteiger partial charge on any atom is 1.00 e. The molecule has 2 heterocycles. The second-order valence-electron chi connectivity index (χ2n) is 7.55. The van der Waals surface area contributed by atoms with Crippen LogP contribution in [-0.2, 0) is 19.0 Å². The fraction of sp³-hybridized carbons (Fsp3) is 0.895. The van der Waals surface area contributed by atoms with E-state index in [0.29, 0.717) is 11.8 Å². The molecule has 0 spiro atoms.